The molecule has 7 heteroatoms. The average molecular weight is 500 g/mol. The third-order valence-electron chi connectivity index (χ3n) is 6.23. The van der Waals surface area contributed by atoms with Gasteiger partial charge in [0, 0.05) is 24.3 Å². The van der Waals surface area contributed by atoms with Gasteiger partial charge in [0.05, 0.1) is 11.0 Å². The molecule has 0 aliphatic rings. The predicted molar refractivity (Wildman–Crippen MR) is 139 cm³/mol. The van der Waals surface area contributed by atoms with Crippen molar-refractivity contribution in [3.05, 3.63) is 120 Å². The highest BCUT2D eigenvalue weighted by Crippen LogP contribution is 2.29. The van der Waals surface area contributed by atoms with E-state index >= 15 is 0 Å². The van der Waals surface area contributed by atoms with Gasteiger partial charge in [-0.1, -0.05) is 72.8 Å². The van der Waals surface area contributed by atoms with Gasteiger partial charge in [0.2, 0.25) is 0 Å². The fourth-order valence-corrected chi connectivity index (χ4v) is 4.40. The molecule has 5 aromatic rings. The molecule has 0 N–H and O–H groups in total. The van der Waals surface area contributed by atoms with Gasteiger partial charge in [0.1, 0.15) is 5.82 Å². The van der Waals surface area contributed by atoms with Crippen LogP contribution in [0.2, 0.25) is 0 Å². The first-order valence-electron chi connectivity index (χ1n) is 11.9. The number of carbonyl (C=O) groups excluding carboxylic acids is 1. The predicted octanol–water partition coefficient (Wildman–Crippen LogP) is 6.89. The molecule has 1 aromatic heterocycles. The molecular formula is C30H24F3N3O. The Hall–Kier alpha value is -4.39. The number of carbonyl (C=O) groups is 1. The lowest BCUT2D eigenvalue weighted by atomic mass is 10.1. The second-order valence-corrected chi connectivity index (χ2v) is 8.73. The van der Waals surface area contributed by atoms with E-state index in [1.165, 1.54) is 0 Å². The summed E-state index contributed by atoms with van der Waals surface area (Å²) in [6, 6.07) is 33.5. The molecule has 0 aliphatic carbocycles. The monoisotopic (exact) mass is 499 g/mol. The van der Waals surface area contributed by atoms with Gasteiger partial charge < -0.3 is 9.47 Å². The summed E-state index contributed by atoms with van der Waals surface area (Å²) >= 11 is 0. The molecule has 0 fully saturated rings. The van der Waals surface area contributed by atoms with E-state index in [-0.39, 0.29) is 12.2 Å². The van der Waals surface area contributed by atoms with Crippen LogP contribution in [0.5, 0.6) is 0 Å². The van der Waals surface area contributed by atoms with Gasteiger partial charge in [-0.15, -0.1) is 0 Å². The number of benzene rings is 4. The highest BCUT2D eigenvalue weighted by atomic mass is 19.4. The van der Waals surface area contributed by atoms with E-state index < -0.39 is 12.1 Å². The number of anilines is 1. The van der Waals surface area contributed by atoms with Crippen LogP contribution in [0.15, 0.2) is 109 Å². The molecule has 0 unspecified atom stereocenters. The lowest BCUT2D eigenvalue weighted by Crippen LogP contribution is -2.42. The minimum Gasteiger partial charge on any atom is -0.319 e. The minimum absolute atomic E-state index is 0.0891. The molecule has 0 saturated carbocycles. The quantitative estimate of drug-likeness (QED) is 0.245. The molecule has 5 rings (SSSR count). The third kappa shape index (κ3) is 5.40. The molecule has 1 amide bonds. The number of para-hydroxylation sites is 2. The number of fused-ring (bicyclic) bond motifs is 1. The van der Waals surface area contributed by atoms with Crippen molar-refractivity contribution in [2.24, 2.45) is 0 Å². The summed E-state index contributed by atoms with van der Waals surface area (Å²) in [7, 11) is 0. The summed E-state index contributed by atoms with van der Waals surface area (Å²) in [6.07, 6.45) is -4.67. The molecule has 0 atom stereocenters. The second-order valence-electron chi connectivity index (χ2n) is 8.73. The molecule has 186 valence electrons. The highest BCUT2D eigenvalue weighted by molar-refractivity contribution is 5.97. The summed E-state index contributed by atoms with van der Waals surface area (Å²) in [5, 5.41) is 0. The van der Waals surface area contributed by atoms with Crippen LogP contribution in [-0.2, 0) is 17.8 Å². The number of amides is 1. The van der Waals surface area contributed by atoms with Gasteiger partial charge in [-0.25, -0.2) is 4.98 Å². The number of nitrogens with zero attached hydrogens (tertiary/aromatic N) is 3. The van der Waals surface area contributed by atoms with Crippen molar-refractivity contribution in [1.82, 2.24) is 9.55 Å². The van der Waals surface area contributed by atoms with Crippen molar-refractivity contribution in [2.45, 2.75) is 19.1 Å². The lowest BCUT2D eigenvalue weighted by Gasteiger charge is -2.24. The maximum atomic E-state index is 13.4. The van der Waals surface area contributed by atoms with Gasteiger partial charge in [-0.3, -0.25) is 4.79 Å². The van der Waals surface area contributed by atoms with Crippen molar-refractivity contribution in [1.29, 1.82) is 0 Å². The van der Waals surface area contributed by atoms with Crippen LogP contribution >= 0.6 is 0 Å². The summed E-state index contributed by atoms with van der Waals surface area (Å²) < 4.78 is 42.4. The van der Waals surface area contributed by atoms with Crippen molar-refractivity contribution >= 4 is 22.6 Å². The fraction of sp³-hybridized carbons (Fsp3) is 0.133. The van der Waals surface area contributed by atoms with Crippen molar-refractivity contribution in [2.75, 3.05) is 11.4 Å². The maximum Gasteiger partial charge on any atom is 0.471 e. The van der Waals surface area contributed by atoms with E-state index in [1.807, 2.05) is 84.9 Å². The highest BCUT2D eigenvalue weighted by Gasteiger charge is 2.42. The van der Waals surface area contributed by atoms with E-state index in [2.05, 4.69) is 4.57 Å². The Morgan fingerprint density at radius 2 is 1.35 bits per heavy atom. The number of rotatable bonds is 7. The normalized spacial score (nSPS) is 11.5. The van der Waals surface area contributed by atoms with E-state index in [1.54, 1.807) is 24.3 Å². The van der Waals surface area contributed by atoms with Gasteiger partial charge in [0.15, 0.2) is 0 Å². The van der Waals surface area contributed by atoms with E-state index in [4.69, 9.17) is 4.98 Å². The molecule has 0 spiro atoms. The third-order valence-corrected chi connectivity index (χ3v) is 6.23. The first-order chi connectivity index (χ1) is 17.9. The Bertz CT molecular complexity index is 1490. The number of halogens is 3. The summed E-state index contributed by atoms with van der Waals surface area (Å²) in [5.74, 6) is -1.18. The van der Waals surface area contributed by atoms with Crippen LogP contribution < -0.4 is 4.90 Å². The van der Waals surface area contributed by atoms with Crippen LogP contribution in [0.1, 0.15) is 11.1 Å². The standard InChI is InChI=1S/C30H24F3N3O/c31-30(32,33)29(37)35(20-19-22-9-3-1-4-10-22)25-17-15-24(16-18-25)28-34-26-13-7-8-14-27(26)36(28)21-23-11-5-2-6-12-23/h1-18H,19-21H2. The topological polar surface area (TPSA) is 38.1 Å². The summed E-state index contributed by atoms with van der Waals surface area (Å²) in [6.45, 7) is 0.502. The van der Waals surface area contributed by atoms with E-state index in [9.17, 15) is 18.0 Å². The first kappa shape index (κ1) is 24.3. The minimum atomic E-state index is -4.97. The first-order valence-corrected chi connectivity index (χ1v) is 11.9. The van der Waals surface area contributed by atoms with Crippen LogP contribution in [0.3, 0.4) is 0 Å². The molecule has 1 heterocycles. The van der Waals surface area contributed by atoms with E-state index in [0.29, 0.717) is 18.8 Å². The number of hydrogen-bond donors (Lipinski definition) is 0. The zero-order valence-corrected chi connectivity index (χ0v) is 19.9. The lowest BCUT2D eigenvalue weighted by molar-refractivity contribution is -0.170. The Labute approximate surface area is 212 Å². The summed E-state index contributed by atoms with van der Waals surface area (Å²) in [4.78, 5) is 17.9. The largest absolute Gasteiger partial charge is 0.471 e. The van der Waals surface area contributed by atoms with Gasteiger partial charge in [-0.2, -0.15) is 13.2 Å². The molecule has 4 aromatic carbocycles. The van der Waals surface area contributed by atoms with Crippen molar-refractivity contribution < 1.29 is 18.0 Å². The molecule has 0 bridgehead atoms. The molecule has 0 radical (unpaired) electrons. The number of alkyl halides is 3. The fourth-order valence-electron chi connectivity index (χ4n) is 4.40. The number of aromatic nitrogens is 2. The van der Waals surface area contributed by atoms with Gasteiger partial charge >= 0.3 is 12.1 Å². The zero-order chi connectivity index (χ0) is 25.8. The zero-order valence-electron chi connectivity index (χ0n) is 19.9. The average Bonchev–Trinajstić information content (AvgIpc) is 3.28. The maximum absolute atomic E-state index is 13.4. The summed E-state index contributed by atoms with van der Waals surface area (Å²) in [5.41, 5.74) is 4.68. The molecule has 0 saturated heterocycles. The van der Waals surface area contributed by atoms with Gasteiger partial charge in [-0.05, 0) is 53.9 Å². The Morgan fingerprint density at radius 3 is 2.00 bits per heavy atom. The smallest absolute Gasteiger partial charge is 0.319 e. The Balaban J connectivity index is 1.48. The van der Waals surface area contributed by atoms with Crippen LogP contribution in [-0.4, -0.2) is 28.2 Å². The van der Waals surface area contributed by atoms with Crippen LogP contribution in [0.4, 0.5) is 18.9 Å². The van der Waals surface area contributed by atoms with Gasteiger partial charge in [0.25, 0.3) is 0 Å². The molecular weight excluding hydrogens is 475 g/mol. The Kier molecular flexibility index (Phi) is 6.77. The van der Waals surface area contributed by atoms with Crippen LogP contribution in [0, 0.1) is 0 Å². The molecule has 4 nitrogen and oxygen atoms in total. The second kappa shape index (κ2) is 10.3. The Morgan fingerprint density at radius 1 is 0.757 bits per heavy atom. The van der Waals surface area contributed by atoms with Crippen LogP contribution in [0.25, 0.3) is 22.4 Å². The van der Waals surface area contributed by atoms with Crippen molar-refractivity contribution in [3.8, 4) is 11.4 Å². The number of hydrogen-bond acceptors (Lipinski definition) is 2. The van der Waals surface area contributed by atoms with E-state index in [0.717, 1.165) is 32.6 Å². The number of imidazole rings is 1. The molecule has 37 heavy (non-hydrogen) atoms. The molecule has 0 aliphatic heterocycles. The van der Waals surface area contributed by atoms with Crippen molar-refractivity contribution in [3.63, 3.8) is 0 Å². The SMILES string of the molecule is O=C(N(CCc1ccccc1)c1ccc(-c2nc3ccccc3n2Cc2ccccc2)cc1)C(F)(F)F.